The Morgan fingerprint density at radius 2 is 1.79 bits per heavy atom. The van der Waals surface area contributed by atoms with Crippen molar-refractivity contribution in [3.8, 4) is 22.5 Å². The molecule has 6 bridgehead atoms. The number of fused-ring (bicyclic) bond motifs is 6. The number of thiazole rings is 1. The molecule has 2 N–H and O–H groups in total. The maximum absolute atomic E-state index is 15.2. The molecule has 8 aliphatic rings. The number of carbonyl (C=O) groups excluding carboxylic acids is 4. The second kappa shape index (κ2) is 20.1. The lowest BCUT2D eigenvalue weighted by molar-refractivity contribution is -0.155. The van der Waals surface area contributed by atoms with Crippen molar-refractivity contribution in [3.63, 3.8) is 0 Å². The van der Waals surface area contributed by atoms with E-state index in [4.69, 9.17) is 14.5 Å². The highest BCUT2D eigenvalue weighted by Gasteiger charge is 2.64. The van der Waals surface area contributed by atoms with Gasteiger partial charge >= 0.3 is 12.1 Å². The molecule has 1 spiro atoms. The number of alkyl halides is 3. The third-order valence-electron chi connectivity index (χ3n) is 18.1. The second-order valence-corrected chi connectivity index (χ2v) is 25.3. The number of cyclic esters (lactones) is 1. The van der Waals surface area contributed by atoms with Crippen molar-refractivity contribution in [2.75, 3.05) is 46.4 Å². The molecule has 19 heteroatoms. The van der Waals surface area contributed by atoms with Gasteiger partial charge in [0.15, 0.2) is 0 Å². The molecule has 1 aromatic carbocycles. The first-order chi connectivity index (χ1) is 36.5. The summed E-state index contributed by atoms with van der Waals surface area (Å²) >= 11 is 1.36. The Balaban J connectivity index is 0.858. The number of esters is 1. The van der Waals surface area contributed by atoms with Crippen molar-refractivity contribution in [3.05, 3.63) is 58.2 Å². The fourth-order valence-corrected chi connectivity index (χ4v) is 14.8. The number of methoxy groups -OCH3 is 1. The molecule has 1 unspecified atom stereocenters. The first-order valence-corrected chi connectivity index (χ1v) is 28.8. The van der Waals surface area contributed by atoms with E-state index in [9.17, 15) is 27.6 Å². The zero-order valence-corrected chi connectivity index (χ0v) is 45.0. The number of nitrogens with zero attached hydrogens (tertiary/aromatic N) is 7. The van der Waals surface area contributed by atoms with Crippen LogP contribution in [0.2, 0.25) is 0 Å². The molecule has 3 saturated carbocycles. The lowest BCUT2D eigenvalue weighted by Gasteiger charge is -2.37. The second-order valence-electron chi connectivity index (χ2n) is 24.4. The quantitative estimate of drug-likeness (QED) is 0.112. The molecular weight excluding hydrogens is 996 g/mol. The average molecular weight is 1070 g/mol. The summed E-state index contributed by atoms with van der Waals surface area (Å²) in [6.45, 7) is 7.61. The van der Waals surface area contributed by atoms with E-state index >= 15 is 4.79 Å². The Hall–Kier alpha value is -4.95. The number of nitrogens with one attached hydrogen (secondary N) is 2. The number of likely N-dealkylation sites (tertiary alicyclic amines) is 2. The number of pyridine rings is 1. The summed E-state index contributed by atoms with van der Waals surface area (Å²) in [6, 6.07) is 7.60. The van der Waals surface area contributed by atoms with Gasteiger partial charge in [0.25, 0.3) is 5.91 Å². The highest BCUT2D eigenvalue weighted by Crippen LogP contribution is 2.54. The maximum atomic E-state index is 15.2. The van der Waals surface area contributed by atoms with E-state index in [1.165, 1.54) is 53.7 Å². The van der Waals surface area contributed by atoms with Crippen LogP contribution >= 0.6 is 11.3 Å². The van der Waals surface area contributed by atoms with E-state index in [1.54, 1.807) is 30.5 Å². The van der Waals surface area contributed by atoms with Gasteiger partial charge in [-0.3, -0.25) is 39.0 Å². The molecule has 408 valence electrons. The monoisotopic (exact) mass is 1070 g/mol. The molecule has 8 atom stereocenters. The van der Waals surface area contributed by atoms with Gasteiger partial charge < -0.3 is 24.3 Å². The summed E-state index contributed by atoms with van der Waals surface area (Å²) in [7, 11) is 1.54. The number of hydrogen-bond acceptors (Lipinski definition) is 12. The molecule has 8 heterocycles. The third-order valence-corrected chi connectivity index (χ3v) is 19.0. The fraction of sp³-hybridized carbons (Fsp3) is 0.649. The summed E-state index contributed by atoms with van der Waals surface area (Å²) < 4.78 is 57.4. The van der Waals surface area contributed by atoms with Crippen LogP contribution in [0.5, 0.6) is 0 Å². The van der Waals surface area contributed by atoms with E-state index in [1.807, 2.05) is 32.2 Å². The smallest absolute Gasteiger partial charge is 0.406 e. The molecule has 7 fully saturated rings. The molecule has 3 amide bonds. The van der Waals surface area contributed by atoms with E-state index in [0.717, 1.165) is 64.7 Å². The lowest BCUT2D eigenvalue weighted by atomic mass is 9.84. The van der Waals surface area contributed by atoms with E-state index in [-0.39, 0.29) is 48.6 Å². The van der Waals surface area contributed by atoms with E-state index in [0.29, 0.717) is 93.0 Å². The van der Waals surface area contributed by atoms with E-state index in [2.05, 4.69) is 30.4 Å². The third kappa shape index (κ3) is 10.2. The van der Waals surface area contributed by atoms with Gasteiger partial charge in [-0.2, -0.15) is 13.2 Å². The van der Waals surface area contributed by atoms with Crippen LogP contribution in [0.25, 0.3) is 33.4 Å². The first-order valence-electron chi connectivity index (χ1n) is 28.0. The largest absolute Gasteiger partial charge is 0.464 e. The molecule has 3 aliphatic carbocycles. The van der Waals surface area contributed by atoms with Crippen LogP contribution < -0.4 is 10.7 Å². The van der Waals surface area contributed by atoms with Gasteiger partial charge in [0, 0.05) is 96.2 Å². The molecule has 4 aromatic rings. The number of ether oxygens (including phenoxy) is 2. The molecule has 4 saturated heterocycles. The molecule has 3 aromatic heterocycles. The Kier molecular flexibility index (Phi) is 13.7. The zero-order valence-electron chi connectivity index (χ0n) is 44.2. The van der Waals surface area contributed by atoms with Crippen LogP contribution in [0.15, 0.2) is 41.9 Å². The maximum Gasteiger partial charge on any atom is 0.406 e. The van der Waals surface area contributed by atoms with Gasteiger partial charge in [-0.25, -0.2) is 10.4 Å². The van der Waals surface area contributed by atoms with Crippen molar-refractivity contribution in [1.82, 2.24) is 45.0 Å². The topological polar surface area (TPSA) is 154 Å². The summed E-state index contributed by atoms with van der Waals surface area (Å²) in [5.74, 6) is -0.0141. The summed E-state index contributed by atoms with van der Waals surface area (Å²) in [5.41, 5.74) is 5.98. The summed E-state index contributed by atoms with van der Waals surface area (Å²) in [6.07, 6.45) is 8.35. The van der Waals surface area contributed by atoms with Gasteiger partial charge in [-0.1, -0.05) is 32.8 Å². The number of hydrogen-bond donors (Lipinski definition) is 2. The zero-order chi connectivity index (χ0) is 52.8. The number of benzene rings is 1. The Labute approximate surface area is 446 Å². The predicted molar refractivity (Wildman–Crippen MR) is 280 cm³/mol. The lowest BCUT2D eigenvalue weighted by Crippen LogP contribution is -2.62. The number of halogens is 3. The van der Waals surface area contributed by atoms with Crippen molar-refractivity contribution in [2.24, 2.45) is 22.7 Å². The Morgan fingerprint density at radius 1 is 1.00 bits per heavy atom. The number of rotatable bonds is 11. The van der Waals surface area contributed by atoms with Crippen LogP contribution in [-0.4, -0.2) is 147 Å². The van der Waals surface area contributed by atoms with Crippen LogP contribution in [0.3, 0.4) is 0 Å². The van der Waals surface area contributed by atoms with Crippen LogP contribution in [0.1, 0.15) is 120 Å². The normalized spacial score (nSPS) is 29.2. The minimum absolute atomic E-state index is 0.0442. The fourth-order valence-electron chi connectivity index (χ4n) is 14.0. The number of hydrazine groups is 1. The average Bonchev–Trinajstić information content (AvgIpc) is 4.37. The molecule has 15 nitrogen and oxygen atoms in total. The highest BCUT2D eigenvalue weighted by molar-refractivity contribution is 7.10. The minimum Gasteiger partial charge on any atom is -0.464 e. The minimum atomic E-state index is -4.57. The Morgan fingerprint density at radius 3 is 2.54 bits per heavy atom. The standard InChI is InChI=1S/C57H72F3N9O6S/c1-33(74-4)46-38(11-7-21-61-46)49-40-27-55(2,3)32-75-54(73)41-12-8-22-68(64-41)52(71)42(26-45-62-43(28-76-45)36-15-18-44(39(40)25-36)67(49)31-57(58,59)60)63-51(70)48(34-9-5-6-10-34)65-23-19-56(29-65)20-24-66(30-56)53(72)50-47(35-13-14-35)69(50)37-16-17-37/h7,11,15,18,21,25,28,33-35,37,41-42,47-48,50,64H,5-6,8-10,12-14,16-17,19-20,22-24,26-27,29-32H2,1-4H3,(H,63,70)/t33-,41-,42-,47+,48-,50+,56-,69?/m0/s1. The molecule has 12 rings (SSSR count). The van der Waals surface area contributed by atoms with Crippen LogP contribution in [0, 0.1) is 22.7 Å². The van der Waals surface area contributed by atoms with E-state index < -0.39 is 48.3 Å². The van der Waals surface area contributed by atoms with Crippen molar-refractivity contribution in [2.45, 2.75) is 166 Å². The molecule has 5 aliphatic heterocycles. The SMILES string of the molecule is CO[C@@H](C)c1ncccc1-c1c2c3cc(ccc3n1CC(F)(F)F)-c1csc(n1)C[C@H](NC(=O)[C@H](C1CCCC1)N1CC[C@]3(CCN(C(=O)[C@H]4[C@@H](C5CC5)N4C4CC4)C3)C1)C(=O)N1CCC[C@H](N1)C(=O)OCC(C)(C)C2. The molecule has 0 radical (unpaired) electrons. The number of carbonyl (C=O) groups is 4. The first kappa shape index (κ1) is 51.8. The predicted octanol–water partition coefficient (Wildman–Crippen LogP) is 7.85. The van der Waals surface area contributed by atoms with Crippen molar-refractivity contribution in [1.29, 1.82) is 0 Å². The summed E-state index contributed by atoms with van der Waals surface area (Å²) in [5, 5.41) is 7.83. The van der Waals surface area contributed by atoms with Gasteiger partial charge in [-0.05, 0) is 126 Å². The van der Waals surface area contributed by atoms with Crippen molar-refractivity contribution < 1.29 is 41.8 Å². The van der Waals surface area contributed by atoms with Gasteiger partial charge in [0.1, 0.15) is 24.7 Å². The Bertz CT molecular complexity index is 2880. The van der Waals surface area contributed by atoms with Crippen molar-refractivity contribution >= 4 is 45.9 Å². The summed E-state index contributed by atoms with van der Waals surface area (Å²) in [4.78, 5) is 75.1. The molecular formula is C57H72F3N9O6S. The van der Waals surface area contributed by atoms with Gasteiger partial charge in [0.05, 0.1) is 40.8 Å². The highest BCUT2D eigenvalue weighted by atomic mass is 32.1. The number of amides is 3. The van der Waals surface area contributed by atoms with Crippen LogP contribution in [-0.2, 0) is 48.0 Å². The van der Waals surface area contributed by atoms with Gasteiger partial charge in [-0.15, -0.1) is 11.3 Å². The number of aromatic nitrogens is 3. The van der Waals surface area contributed by atoms with Gasteiger partial charge in [0.2, 0.25) is 11.8 Å². The molecule has 76 heavy (non-hydrogen) atoms. The van der Waals surface area contributed by atoms with Crippen LogP contribution in [0.4, 0.5) is 13.2 Å².